The maximum absolute atomic E-state index is 12.6. The third-order valence-corrected chi connectivity index (χ3v) is 5.66. The highest BCUT2D eigenvalue weighted by Crippen LogP contribution is 2.30. The number of fused-ring (bicyclic) bond motifs is 1. The summed E-state index contributed by atoms with van der Waals surface area (Å²) in [7, 11) is 0. The number of thiazole rings is 1. The zero-order valence-corrected chi connectivity index (χ0v) is 14.1. The molecule has 5 heteroatoms. The Hall–Kier alpha value is -2.24. The molecule has 4 rings (SSSR count). The maximum Gasteiger partial charge on any atom is 0.253 e. The number of amides is 1. The lowest BCUT2D eigenvalue weighted by molar-refractivity contribution is 0.0787. The van der Waals surface area contributed by atoms with Crippen molar-refractivity contribution in [2.45, 2.75) is 6.42 Å². The fourth-order valence-corrected chi connectivity index (χ4v) is 4.11. The Morgan fingerprint density at radius 2 is 2.00 bits per heavy atom. The van der Waals surface area contributed by atoms with Crippen molar-refractivity contribution < 1.29 is 4.79 Å². The van der Waals surface area contributed by atoms with E-state index in [9.17, 15) is 4.79 Å². The third-order valence-electron chi connectivity index (χ3n) is 4.58. The van der Waals surface area contributed by atoms with Crippen LogP contribution in [-0.4, -0.2) is 35.4 Å². The second-order valence-corrected chi connectivity index (χ2v) is 7.24. The molecule has 0 saturated carbocycles. The summed E-state index contributed by atoms with van der Waals surface area (Å²) in [6.07, 6.45) is 1.01. The first-order valence-electron chi connectivity index (χ1n) is 8.20. The number of likely N-dealkylation sites (tertiary alicyclic amines) is 1. The minimum absolute atomic E-state index is 0.0989. The fourth-order valence-electron chi connectivity index (χ4n) is 3.14. The van der Waals surface area contributed by atoms with Crippen LogP contribution in [0.1, 0.15) is 16.8 Å². The van der Waals surface area contributed by atoms with Crippen molar-refractivity contribution in [1.29, 1.82) is 0 Å². The Balaban J connectivity index is 1.55. The van der Waals surface area contributed by atoms with E-state index in [1.165, 1.54) is 4.70 Å². The number of para-hydroxylation sites is 1. The first-order valence-corrected chi connectivity index (χ1v) is 9.01. The Morgan fingerprint density at radius 3 is 2.71 bits per heavy atom. The van der Waals surface area contributed by atoms with Gasteiger partial charge in [-0.25, -0.2) is 4.98 Å². The van der Waals surface area contributed by atoms with Gasteiger partial charge in [-0.2, -0.15) is 0 Å². The van der Waals surface area contributed by atoms with Crippen molar-refractivity contribution in [3.8, 4) is 10.6 Å². The van der Waals surface area contributed by atoms with Crippen LogP contribution in [0.3, 0.4) is 0 Å². The van der Waals surface area contributed by atoms with Crippen LogP contribution < -0.4 is 5.73 Å². The smallest absolute Gasteiger partial charge is 0.253 e. The molecule has 2 heterocycles. The Kier molecular flexibility index (Phi) is 4.04. The molecule has 1 aliphatic rings. The topological polar surface area (TPSA) is 59.2 Å². The number of carbonyl (C=O) groups excluding carboxylic acids is 1. The van der Waals surface area contributed by atoms with Gasteiger partial charge in [0, 0.05) is 24.2 Å². The van der Waals surface area contributed by atoms with Crippen LogP contribution in [0.25, 0.3) is 20.8 Å². The third kappa shape index (κ3) is 2.81. The van der Waals surface area contributed by atoms with E-state index in [1.807, 2.05) is 47.4 Å². The van der Waals surface area contributed by atoms with Gasteiger partial charge in [-0.1, -0.05) is 24.3 Å². The van der Waals surface area contributed by atoms with Crippen LogP contribution in [-0.2, 0) is 0 Å². The molecule has 1 amide bonds. The first kappa shape index (κ1) is 15.3. The summed E-state index contributed by atoms with van der Waals surface area (Å²) in [5.74, 6) is 0.540. The largest absolute Gasteiger partial charge is 0.338 e. The Morgan fingerprint density at radius 1 is 1.21 bits per heavy atom. The lowest BCUT2D eigenvalue weighted by Gasteiger charge is -2.16. The molecule has 2 aromatic carbocycles. The van der Waals surface area contributed by atoms with E-state index in [0.29, 0.717) is 12.5 Å². The second-order valence-electron chi connectivity index (χ2n) is 6.21. The summed E-state index contributed by atoms with van der Waals surface area (Å²) in [6, 6.07) is 15.9. The molecule has 3 aromatic rings. The summed E-state index contributed by atoms with van der Waals surface area (Å²) in [4.78, 5) is 19.1. The van der Waals surface area contributed by atoms with Crippen molar-refractivity contribution in [2.24, 2.45) is 11.7 Å². The zero-order valence-electron chi connectivity index (χ0n) is 13.3. The minimum atomic E-state index is 0.0989. The quantitative estimate of drug-likeness (QED) is 0.797. The molecule has 24 heavy (non-hydrogen) atoms. The van der Waals surface area contributed by atoms with Crippen LogP contribution in [0.4, 0.5) is 0 Å². The lowest BCUT2D eigenvalue weighted by atomic mass is 10.1. The monoisotopic (exact) mass is 337 g/mol. The van der Waals surface area contributed by atoms with Crippen LogP contribution in [0, 0.1) is 5.92 Å². The van der Waals surface area contributed by atoms with Crippen LogP contribution in [0.5, 0.6) is 0 Å². The van der Waals surface area contributed by atoms with E-state index in [0.717, 1.165) is 41.2 Å². The predicted molar refractivity (Wildman–Crippen MR) is 98.1 cm³/mol. The van der Waals surface area contributed by atoms with E-state index in [-0.39, 0.29) is 5.91 Å². The molecule has 0 aliphatic carbocycles. The number of rotatable bonds is 3. The lowest BCUT2D eigenvalue weighted by Crippen LogP contribution is -2.29. The number of nitrogens with zero attached hydrogens (tertiary/aromatic N) is 2. The van der Waals surface area contributed by atoms with Crippen molar-refractivity contribution in [3.63, 3.8) is 0 Å². The van der Waals surface area contributed by atoms with E-state index in [1.54, 1.807) is 11.3 Å². The summed E-state index contributed by atoms with van der Waals surface area (Å²) in [5, 5.41) is 0.986. The average molecular weight is 337 g/mol. The van der Waals surface area contributed by atoms with Crippen molar-refractivity contribution in [2.75, 3.05) is 19.6 Å². The number of hydrogen-bond acceptors (Lipinski definition) is 4. The standard InChI is InChI=1S/C19H19N3OS/c20-11-13-9-10-22(12-13)19(23)15-7-5-14(6-8-15)18-21-16-3-1-2-4-17(16)24-18/h1-8,13H,9-12,20H2/t13-/m1/s1. The molecule has 1 aliphatic heterocycles. The molecular weight excluding hydrogens is 318 g/mol. The summed E-state index contributed by atoms with van der Waals surface area (Å²) >= 11 is 1.67. The maximum atomic E-state index is 12.6. The van der Waals surface area contributed by atoms with E-state index < -0.39 is 0 Å². The molecule has 0 unspecified atom stereocenters. The van der Waals surface area contributed by atoms with E-state index in [4.69, 9.17) is 5.73 Å². The van der Waals surface area contributed by atoms with Crippen molar-refractivity contribution in [3.05, 3.63) is 54.1 Å². The molecule has 0 radical (unpaired) electrons. The highest BCUT2D eigenvalue weighted by molar-refractivity contribution is 7.21. The number of nitrogens with two attached hydrogens (primary N) is 1. The molecule has 0 bridgehead atoms. The van der Waals surface area contributed by atoms with Gasteiger partial charge in [-0.3, -0.25) is 4.79 Å². The van der Waals surface area contributed by atoms with Gasteiger partial charge in [0.15, 0.2) is 0 Å². The second kappa shape index (κ2) is 6.34. The Bertz CT molecular complexity index is 839. The average Bonchev–Trinajstić information content (AvgIpc) is 3.28. The molecule has 1 fully saturated rings. The van der Waals surface area contributed by atoms with E-state index >= 15 is 0 Å². The number of benzene rings is 2. The molecular formula is C19H19N3OS. The normalized spacial score (nSPS) is 17.5. The van der Waals surface area contributed by atoms with Gasteiger partial charge in [0.25, 0.3) is 5.91 Å². The number of carbonyl (C=O) groups is 1. The predicted octanol–water partition coefficient (Wildman–Crippen LogP) is 3.38. The number of hydrogen-bond donors (Lipinski definition) is 1. The Labute approximate surface area is 144 Å². The molecule has 122 valence electrons. The van der Waals surface area contributed by atoms with Gasteiger partial charge >= 0.3 is 0 Å². The van der Waals surface area contributed by atoms with Gasteiger partial charge in [0.1, 0.15) is 5.01 Å². The molecule has 1 aromatic heterocycles. The molecule has 0 spiro atoms. The molecule has 1 atom stereocenters. The van der Waals surface area contributed by atoms with E-state index in [2.05, 4.69) is 11.1 Å². The van der Waals surface area contributed by atoms with Crippen molar-refractivity contribution in [1.82, 2.24) is 9.88 Å². The summed E-state index contributed by atoms with van der Waals surface area (Å²) < 4.78 is 1.18. The SMILES string of the molecule is NC[C@H]1CCN(C(=O)c2ccc(-c3nc4ccccc4s3)cc2)C1. The van der Waals surface area contributed by atoms with Gasteiger partial charge in [-0.15, -0.1) is 11.3 Å². The molecule has 4 nitrogen and oxygen atoms in total. The van der Waals surface area contributed by atoms with Gasteiger partial charge in [0.2, 0.25) is 0 Å². The zero-order chi connectivity index (χ0) is 16.5. The molecule has 2 N–H and O–H groups in total. The van der Waals surface area contributed by atoms with Crippen LogP contribution >= 0.6 is 11.3 Å². The molecule has 1 saturated heterocycles. The van der Waals surface area contributed by atoms with Gasteiger partial charge in [0.05, 0.1) is 10.2 Å². The van der Waals surface area contributed by atoms with Crippen LogP contribution in [0.2, 0.25) is 0 Å². The summed E-state index contributed by atoms with van der Waals surface area (Å²) in [6.45, 7) is 2.23. The highest BCUT2D eigenvalue weighted by Gasteiger charge is 2.25. The van der Waals surface area contributed by atoms with Gasteiger partial charge in [-0.05, 0) is 43.1 Å². The summed E-state index contributed by atoms with van der Waals surface area (Å²) in [5.41, 5.74) is 8.51. The first-order chi connectivity index (χ1) is 11.7. The van der Waals surface area contributed by atoms with Gasteiger partial charge < -0.3 is 10.6 Å². The highest BCUT2D eigenvalue weighted by atomic mass is 32.1. The van der Waals surface area contributed by atoms with Crippen molar-refractivity contribution >= 4 is 27.5 Å². The minimum Gasteiger partial charge on any atom is -0.338 e. The van der Waals surface area contributed by atoms with Crippen LogP contribution in [0.15, 0.2) is 48.5 Å². The number of aromatic nitrogens is 1. The fraction of sp³-hybridized carbons (Fsp3) is 0.263.